The van der Waals surface area contributed by atoms with Crippen LogP contribution in [0.5, 0.6) is 0 Å². The van der Waals surface area contributed by atoms with E-state index in [-0.39, 0.29) is 17.5 Å². The first-order valence-electron chi connectivity index (χ1n) is 8.13. The maximum absolute atomic E-state index is 11.6. The fraction of sp³-hybridized carbons (Fsp3) is 0.438. The van der Waals surface area contributed by atoms with E-state index in [0.29, 0.717) is 12.4 Å². The van der Waals surface area contributed by atoms with Crippen molar-refractivity contribution in [1.82, 2.24) is 15.2 Å². The van der Waals surface area contributed by atoms with Crippen LogP contribution in [0, 0.1) is 0 Å². The Morgan fingerprint density at radius 2 is 2.12 bits per heavy atom. The molecule has 2 aromatic rings. The van der Waals surface area contributed by atoms with Crippen LogP contribution in [-0.4, -0.2) is 47.7 Å². The summed E-state index contributed by atoms with van der Waals surface area (Å²) < 4.78 is 23.2. The molecule has 2 aliphatic rings. The van der Waals surface area contributed by atoms with Gasteiger partial charge in [0.05, 0.1) is 17.7 Å². The highest BCUT2D eigenvalue weighted by Gasteiger charge is 2.28. The minimum atomic E-state index is -2.94. The van der Waals surface area contributed by atoms with Crippen molar-refractivity contribution >= 4 is 27.3 Å². The summed E-state index contributed by atoms with van der Waals surface area (Å²) in [5.41, 5.74) is 2.46. The van der Waals surface area contributed by atoms with Gasteiger partial charge in [-0.25, -0.2) is 8.42 Å². The second-order valence-electron chi connectivity index (χ2n) is 6.27. The van der Waals surface area contributed by atoms with E-state index in [1.165, 1.54) is 5.56 Å². The minimum absolute atomic E-state index is 0.132. The number of rotatable bonds is 3. The van der Waals surface area contributed by atoms with E-state index >= 15 is 0 Å². The zero-order valence-corrected chi connectivity index (χ0v) is 14.0. The SMILES string of the molecule is O=S1(=O)CCC(Nc2nncc(N3CCCc4ccccc43)n2)C1. The van der Waals surface area contributed by atoms with E-state index in [1.807, 2.05) is 12.1 Å². The number of nitrogens with one attached hydrogen (secondary N) is 1. The predicted octanol–water partition coefficient (Wildman–Crippen LogP) is 1.55. The van der Waals surface area contributed by atoms with Crippen molar-refractivity contribution in [3.8, 4) is 0 Å². The molecule has 3 heterocycles. The highest BCUT2D eigenvalue weighted by atomic mass is 32.2. The zero-order valence-electron chi connectivity index (χ0n) is 13.2. The Bertz CT molecular complexity index is 855. The van der Waals surface area contributed by atoms with Crippen LogP contribution in [-0.2, 0) is 16.3 Å². The second kappa shape index (κ2) is 6.01. The number of aryl methyl sites for hydroxylation is 1. The summed E-state index contributed by atoms with van der Waals surface area (Å²) in [5, 5.41) is 11.2. The summed E-state index contributed by atoms with van der Waals surface area (Å²) in [7, 11) is -2.94. The fourth-order valence-corrected chi connectivity index (χ4v) is 5.02. The Hall–Kier alpha value is -2.22. The van der Waals surface area contributed by atoms with Crippen molar-refractivity contribution in [3.63, 3.8) is 0 Å². The molecule has 1 unspecified atom stereocenters. The third-order valence-corrected chi connectivity index (χ3v) is 6.27. The maximum Gasteiger partial charge on any atom is 0.244 e. The van der Waals surface area contributed by atoms with Gasteiger partial charge in [-0.15, -0.1) is 5.10 Å². The van der Waals surface area contributed by atoms with Crippen LogP contribution >= 0.6 is 0 Å². The van der Waals surface area contributed by atoms with Gasteiger partial charge in [-0.05, 0) is 30.9 Å². The zero-order chi connectivity index (χ0) is 16.6. The number of fused-ring (bicyclic) bond motifs is 1. The van der Waals surface area contributed by atoms with Crippen LogP contribution < -0.4 is 10.2 Å². The van der Waals surface area contributed by atoms with Crippen molar-refractivity contribution in [3.05, 3.63) is 36.0 Å². The normalized spacial score (nSPS) is 22.2. The number of aromatic nitrogens is 3. The number of para-hydroxylation sites is 1. The van der Waals surface area contributed by atoms with E-state index in [4.69, 9.17) is 0 Å². The number of hydrogen-bond acceptors (Lipinski definition) is 7. The average molecular weight is 345 g/mol. The summed E-state index contributed by atoms with van der Waals surface area (Å²) in [6, 6.07) is 8.16. The molecule has 0 radical (unpaired) electrons. The molecule has 0 aliphatic carbocycles. The van der Waals surface area contributed by atoms with Crippen LogP contribution in [0.1, 0.15) is 18.4 Å². The van der Waals surface area contributed by atoms with Gasteiger partial charge in [0.15, 0.2) is 15.7 Å². The molecular weight excluding hydrogens is 326 g/mol. The van der Waals surface area contributed by atoms with Crippen molar-refractivity contribution in [2.75, 3.05) is 28.3 Å². The molecular formula is C16H19N5O2S. The third-order valence-electron chi connectivity index (χ3n) is 4.50. The minimum Gasteiger partial charge on any atom is -0.349 e. The van der Waals surface area contributed by atoms with Gasteiger partial charge in [0, 0.05) is 18.3 Å². The molecule has 1 aromatic heterocycles. The first kappa shape index (κ1) is 15.3. The molecule has 7 nitrogen and oxygen atoms in total. The summed E-state index contributed by atoms with van der Waals surface area (Å²) in [6.07, 6.45) is 4.36. The summed E-state index contributed by atoms with van der Waals surface area (Å²) in [5.74, 6) is 1.47. The first-order chi connectivity index (χ1) is 11.6. The predicted molar refractivity (Wildman–Crippen MR) is 92.3 cm³/mol. The van der Waals surface area contributed by atoms with Crippen LogP contribution in [0.25, 0.3) is 0 Å². The summed E-state index contributed by atoms with van der Waals surface area (Å²) in [4.78, 5) is 6.70. The third kappa shape index (κ3) is 3.06. The van der Waals surface area contributed by atoms with Crippen LogP contribution in [0.3, 0.4) is 0 Å². The van der Waals surface area contributed by atoms with Gasteiger partial charge in [-0.1, -0.05) is 18.2 Å². The molecule has 2 aliphatic heterocycles. The fourth-order valence-electron chi connectivity index (χ4n) is 3.35. The Balaban J connectivity index is 1.58. The molecule has 4 rings (SSSR count). The lowest BCUT2D eigenvalue weighted by Gasteiger charge is -2.30. The quantitative estimate of drug-likeness (QED) is 0.903. The highest BCUT2D eigenvalue weighted by molar-refractivity contribution is 7.91. The molecule has 24 heavy (non-hydrogen) atoms. The number of benzene rings is 1. The second-order valence-corrected chi connectivity index (χ2v) is 8.50. The Morgan fingerprint density at radius 3 is 2.96 bits per heavy atom. The standard InChI is InChI=1S/C16H19N5O2S/c22-24(23)9-7-13(11-24)18-16-19-15(10-17-20-16)21-8-3-5-12-4-1-2-6-14(12)21/h1-2,4,6,10,13H,3,5,7-9,11H2,(H,18,19,20). The van der Waals surface area contributed by atoms with E-state index < -0.39 is 9.84 Å². The van der Waals surface area contributed by atoms with Crippen LogP contribution in [0.4, 0.5) is 17.5 Å². The highest BCUT2D eigenvalue weighted by Crippen LogP contribution is 2.32. The van der Waals surface area contributed by atoms with Gasteiger partial charge in [0.1, 0.15) is 0 Å². The average Bonchev–Trinajstić information content (AvgIpc) is 2.93. The Kier molecular flexibility index (Phi) is 3.84. The molecule has 0 amide bonds. The smallest absolute Gasteiger partial charge is 0.244 e. The lowest BCUT2D eigenvalue weighted by molar-refractivity contribution is 0.602. The number of anilines is 3. The van der Waals surface area contributed by atoms with Gasteiger partial charge in [-0.3, -0.25) is 0 Å². The molecule has 0 saturated carbocycles. The number of sulfone groups is 1. The van der Waals surface area contributed by atoms with E-state index in [0.717, 1.165) is 30.9 Å². The van der Waals surface area contributed by atoms with Crippen molar-refractivity contribution in [2.24, 2.45) is 0 Å². The molecule has 0 spiro atoms. The lowest BCUT2D eigenvalue weighted by atomic mass is 10.0. The van der Waals surface area contributed by atoms with Gasteiger partial charge >= 0.3 is 0 Å². The lowest BCUT2D eigenvalue weighted by Crippen LogP contribution is -2.27. The Morgan fingerprint density at radius 1 is 1.25 bits per heavy atom. The maximum atomic E-state index is 11.6. The first-order valence-corrected chi connectivity index (χ1v) is 9.95. The Labute approximate surface area is 141 Å². The summed E-state index contributed by atoms with van der Waals surface area (Å²) in [6.45, 7) is 0.882. The van der Waals surface area contributed by atoms with Crippen molar-refractivity contribution in [1.29, 1.82) is 0 Å². The van der Waals surface area contributed by atoms with Crippen LogP contribution in [0.2, 0.25) is 0 Å². The van der Waals surface area contributed by atoms with Gasteiger partial charge in [0.25, 0.3) is 0 Å². The number of nitrogens with zero attached hydrogens (tertiary/aromatic N) is 4. The topological polar surface area (TPSA) is 88.1 Å². The van der Waals surface area contributed by atoms with E-state index in [1.54, 1.807) is 6.20 Å². The largest absolute Gasteiger partial charge is 0.349 e. The van der Waals surface area contributed by atoms with E-state index in [2.05, 4.69) is 37.5 Å². The molecule has 1 saturated heterocycles. The van der Waals surface area contributed by atoms with Crippen molar-refractivity contribution < 1.29 is 8.42 Å². The molecule has 0 bridgehead atoms. The summed E-state index contributed by atoms with van der Waals surface area (Å²) >= 11 is 0. The molecule has 126 valence electrons. The monoisotopic (exact) mass is 345 g/mol. The number of hydrogen-bond donors (Lipinski definition) is 1. The van der Waals surface area contributed by atoms with E-state index in [9.17, 15) is 8.42 Å². The van der Waals surface area contributed by atoms with Crippen LogP contribution in [0.15, 0.2) is 30.5 Å². The van der Waals surface area contributed by atoms with Gasteiger partial charge in [0.2, 0.25) is 5.95 Å². The van der Waals surface area contributed by atoms with Crippen molar-refractivity contribution in [2.45, 2.75) is 25.3 Å². The molecule has 1 atom stereocenters. The van der Waals surface area contributed by atoms with Gasteiger partial charge in [-0.2, -0.15) is 10.1 Å². The van der Waals surface area contributed by atoms with Gasteiger partial charge < -0.3 is 10.2 Å². The molecule has 1 N–H and O–H groups in total. The molecule has 1 aromatic carbocycles. The molecule has 1 fully saturated rings. The molecule has 8 heteroatoms.